The molecule has 6 heterocycles. The molecular weight excluding hydrogens is 1230 g/mol. The molecule has 0 bridgehead atoms. The van der Waals surface area contributed by atoms with Crippen molar-refractivity contribution >= 4 is 148 Å². The molecule has 0 aliphatic carbocycles. The summed E-state index contributed by atoms with van der Waals surface area (Å²) in [5, 5.41) is 4.43. The van der Waals surface area contributed by atoms with E-state index in [0.717, 1.165) is 117 Å². The van der Waals surface area contributed by atoms with Crippen LogP contribution in [0.1, 0.15) is 0 Å². The van der Waals surface area contributed by atoms with Crippen LogP contribution in [0, 0.1) is 0 Å². The molecule has 0 amide bonds. The van der Waals surface area contributed by atoms with E-state index < -0.39 is 0 Å². The summed E-state index contributed by atoms with van der Waals surface area (Å²) >= 11 is 3.82. The third-order valence-corrected chi connectivity index (χ3v) is 23.0. The van der Waals surface area contributed by atoms with Gasteiger partial charge in [0, 0.05) is 80.7 Å². The van der Waals surface area contributed by atoms with Crippen LogP contribution in [-0.4, -0.2) is 13.4 Å². The monoisotopic (exact) mass is 1280 g/mol. The fourth-order valence-electron chi connectivity index (χ4n) is 16.3. The molecule has 454 valence electrons. The average Bonchev–Trinajstić information content (AvgIpc) is 0.844. The second-order valence-electron chi connectivity index (χ2n) is 26.2. The van der Waals surface area contributed by atoms with Crippen molar-refractivity contribution in [1.29, 1.82) is 0 Å². The van der Waals surface area contributed by atoms with Crippen molar-refractivity contribution in [2.24, 2.45) is 0 Å². The summed E-state index contributed by atoms with van der Waals surface area (Å²) in [5.74, 6) is 0. The Labute approximate surface area is 576 Å². The normalized spacial score (nSPS) is 13.1. The molecule has 4 aliphatic rings. The Morgan fingerprint density at radius 3 is 1.11 bits per heavy atom. The van der Waals surface area contributed by atoms with E-state index in [4.69, 9.17) is 8.83 Å². The Morgan fingerprint density at radius 2 is 0.622 bits per heavy atom. The number of hydrogen-bond acceptors (Lipinski definition) is 6. The predicted octanol–water partition coefficient (Wildman–Crippen LogP) is 21.0. The summed E-state index contributed by atoms with van der Waals surface area (Å²) in [4.78, 5) is 10.3. The first-order valence-corrected chi connectivity index (χ1v) is 35.2. The summed E-state index contributed by atoms with van der Waals surface area (Å²) in [5.41, 5.74) is 32.1. The average molecular weight is 1280 g/mol. The van der Waals surface area contributed by atoms with Crippen molar-refractivity contribution in [2.75, 3.05) is 9.80 Å². The number of anilines is 6. The van der Waals surface area contributed by atoms with Gasteiger partial charge < -0.3 is 18.6 Å². The second kappa shape index (κ2) is 21.9. The summed E-state index contributed by atoms with van der Waals surface area (Å²) in [6.07, 6.45) is 0. The van der Waals surface area contributed by atoms with Crippen LogP contribution in [-0.2, 0) is 0 Å². The lowest BCUT2D eigenvalue weighted by Gasteiger charge is -2.45. The molecule has 4 nitrogen and oxygen atoms in total. The van der Waals surface area contributed by atoms with E-state index >= 15 is 0 Å². The Balaban J connectivity index is 0.887. The van der Waals surface area contributed by atoms with Crippen molar-refractivity contribution in [2.45, 2.75) is 19.6 Å². The van der Waals surface area contributed by atoms with Crippen molar-refractivity contribution in [3.05, 3.63) is 328 Å². The third-order valence-electron chi connectivity index (χ3n) is 20.7. The Hall–Kier alpha value is -11.7. The lowest BCUT2D eigenvalue weighted by molar-refractivity contribution is 0.668. The van der Waals surface area contributed by atoms with Crippen LogP contribution in [0.2, 0.25) is 0 Å². The largest absolute Gasteiger partial charge is 0.456 e. The third kappa shape index (κ3) is 8.64. The SMILES string of the molecule is c1ccc(-c2ccc3c(c2)Sc2cc(-c4ccc5oc6ccccc6c5c4)cc4c2B3c2cc3c(cc2N4c2ccccc2)N(c2c(-c4ccccc4)cccc2-c2ccccc2)c2cc(-c4ccc5oc6ccccc6c5c4)cc4c2B3c2ccc(-c3ccccc3)cc2S4)cc1. The van der Waals surface area contributed by atoms with E-state index in [0.29, 0.717) is 0 Å². The maximum Gasteiger partial charge on any atom is 0.249 e. The van der Waals surface area contributed by atoms with Crippen LogP contribution in [0.5, 0.6) is 0 Å². The maximum atomic E-state index is 6.52. The van der Waals surface area contributed by atoms with E-state index in [1.54, 1.807) is 0 Å². The second-order valence-corrected chi connectivity index (χ2v) is 28.3. The molecule has 0 spiro atoms. The standard InChI is InChI=1S/C90H54B2N2O2S2/c1-6-21-55(22-7-1)61-37-41-72-84(49-61)97-86-51-63(59-39-43-82-70(45-59)68-31-16-18-35-80(68)95-82)47-78-88(86)91(72)74-53-75-77(54-76(74)93(78)65-29-14-5-15-30-65)94(90-66(57-25-10-3-11-26-57)33-20-34-67(90)58-27-12-4-13-28-58)79-48-64(60-40-44-83-71(46-60)69-32-17-19-36-81(69)96-83)52-87-89(79)92(75)73-42-38-62(50-85(73)98-87)56-23-8-2-9-24-56/h1-54H. The quantitative estimate of drug-likeness (QED) is 0.141. The molecule has 0 radical (unpaired) electrons. The summed E-state index contributed by atoms with van der Waals surface area (Å²) < 4.78 is 13.0. The number of para-hydroxylation sites is 4. The van der Waals surface area contributed by atoms with E-state index in [1.807, 2.05) is 23.5 Å². The maximum absolute atomic E-state index is 6.52. The van der Waals surface area contributed by atoms with Crippen LogP contribution in [0.4, 0.5) is 34.1 Å². The lowest BCUT2D eigenvalue weighted by Crippen LogP contribution is -2.64. The van der Waals surface area contributed by atoms with Crippen molar-refractivity contribution < 1.29 is 8.83 Å². The molecule has 17 aromatic rings. The molecule has 0 saturated heterocycles. The van der Waals surface area contributed by atoms with Crippen LogP contribution >= 0.6 is 23.5 Å². The molecule has 4 aliphatic heterocycles. The Morgan fingerprint density at radius 1 is 0.235 bits per heavy atom. The van der Waals surface area contributed by atoms with Gasteiger partial charge in [-0.25, -0.2) is 0 Å². The number of rotatable bonds is 8. The van der Waals surface area contributed by atoms with Crippen molar-refractivity contribution in [1.82, 2.24) is 0 Å². The number of hydrogen-bond donors (Lipinski definition) is 0. The number of benzene rings is 15. The molecule has 98 heavy (non-hydrogen) atoms. The Bertz CT molecular complexity index is 6100. The van der Waals surface area contributed by atoms with Gasteiger partial charge in [0.2, 0.25) is 13.4 Å². The lowest BCUT2D eigenvalue weighted by atomic mass is 9.31. The first-order chi connectivity index (χ1) is 48.6. The molecule has 0 N–H and O–H groups in total. The van der Waals surface area contributed by atoms with Gasteiger partial charge in [-0.3, -0.25) is 0 Å². The predicted molar refractivity (Wildman–Crippen MR) is 413 cm³/mol. The molecule has 0 unspecified atom stereocenters. The van der Waals surface area contributed by atoms with Gasteiger partial charge in [0.25, 0.3) is 0 Å². The molecule has 0 fully saturated rings. The molecule has 21 rings (SSSR count). The zero-order valence-corrected chi connectivity index (χ0v) is 54.5. The van der Waals surface area contributed by atoms with E-state index in [2.05, 4.69) is 337 Å². The first kappa shape index (κ1) is 55.6. The van der Waals surface area contributed by atoms with Gasteiger partial charge in [0.15, 0.2) is 0 Å². The first-order valence-electron chi connectivity index (χ1n) is 33.6. The van der Waals surface area contributed by atoms with Gasteiger partial charge in [-0.15, -0.1) is 0 Å². The minimum absolute atomic E-state index is 0.129. The highest BCUT2D eigenvalue weighted by Crippen LogP contribution is 2.53. The van der Waals surface area contributed by atoms with Gasteiger partial charge in [-0.05, 0) is 168 Å². The van der Waals surface area contributed by atoms with E-state index in [-0.39, 0.29) is 13.4 Å². The molecule has 2 aromatic heterocycles. The van der Waals surface area contributed by atoms with E-state index in [9.17, 15) is 0 Å². The molecule has 8 heteroatoms. The highest BCUT2D eigenvalue weighted by Gasteiger charge is 2.47. The molecule has 15 aromatic carbocycles. The van der Waals surface area contributed by atoms with Gasteiger partial charge >= 0.3 is 0 Å². The fourth-order valence-corrected chi connectivity index (χ4v) is 18.8. The van der Waals surface area contributed by atoms with Gasteiger partial charge in [-0.1, -0.05) is 271 Å². The zero-order chi connectivity index (χ0) is 64.1. The van der Waals surface area contributed by atoms with Gasteiger partial charge in [-0.2, -0.15) is 0 Å². The highest BCUT2D eigenvalue weighted by atomic mass is 32.2. The van der Waals surface area contributed by atoms with Crippen molar-refractivity contribution in [3.8, 4) is 66.8 Å². The van der Waals surface area contributed by atoms with Crippen LogP contribution in [0.25, 0.3) is 111 Å². The van der Waals surface area contributed by atoms with Crippen LogP contribution in [0.15, 0.2) is 356 Å². The molecule has 0 saturated carbocycles. The topological polar surface area (TPSA) is 32.8 Å². The fraction of sp³-hybridized carbons (Fsp3) is 0. The molecule has 0 atom stereocenters. The highest BCUT2D eigenvalue weighted by molar-refractivity contribution is 8.00. The van der Waals surface area contributed by atoms with Crippen molar-refractivity contribution in [3.63, 3.8) is 0 Å². The number of nitrogens with zero attached hydrogens (tertiary/aromatic N) is 2. The zero-order valence-electron chi connectivity index (χ0n) is 52.9. The van der Waals surface area contributed by atoms with Crippen LogP contribution in [0.3, 0.4) is 0 Å². The van der Waals surface area contributed by atoms with Gasteiger partial charge in [0.05, 0.1) is 5.69 Å². The number of fused-ring (bicyclic) bond motifs is 14. The minimum Gasteiger partial charge on any atom is -0.456 e. The summed E-state index contributed by atoms with van der Waals surface area (Å²) in [7, 11) is 0. The summed E-state index contributed by atoms with van der Waals surface area (Å²) in [6.45, 7) is -0.285. The van der Waals surface area contributed by atoms with Crippen LogP contribution < -0.4 is 42.6 Å². The number of furan rings is 2. The summed E-state index contributed by atoms with van der Waals surface area (Å²) in [6, 6.07) is 122. The minimum atomic E-state index is -0.156. The Kier molecular flexibility index (Phi) is 12.4. The smallest absolute Gasteiger partial charge is 0.249 e. The van der Waals surface area contributed by atoms with Gasteiger partial charge in [0.1, 0.15) is 22.3 Å². The molecular formula is C90H54B2N2O2S2. The van der Waals surface area contributed by atoms with E-state index in [1.165, 1.54) is 80.3 Å².